The average Bonchev–Trinajstić information content (AvgIpc) is 2.96. The van der Waals surface area contributed by atoms with Crippen LogP contribution in [0.3, 0.4) is 0 Å². The molecular formula is C13H19N3S. The summed E-state index contributed by atoms with van der Waals surface area (Å²) in [7, 11) is 0. The van der Waals surface area contributed by atoms with Crippen molar-refractivity contribution in [1.82, 2.24) is 14.9 Å². The number of hydrogen-bond donors (Lipinski definition) is 1. The summed E-state index contributed by atoms with van der Waals surface area (Å²) in [5, 5.41) is 6.69. The van der Waals surface area contributed by atoms with Gasteiger partial charge in [-0.25, -0.2) is 4.98 Å². The third-order valence-corrected chi connectivity index (χ3v) is 3.46. The number of aryl methyl sites for hydroxylation is 1. The van der Waals surface area contributed by atoms with Crippen molar-refractivity contribution in [3.63, 3.8) is 0 Å². The van der Waals surface area contributed by atoms with Crippen molar-refractivity contribution in [3.05, 3.63) is 40.6 Å². The van der Waals surface area contributed by atoms with Crippen molar-refractivity contribution in [2.45, 2.75) is 32.9 Å². The van der Waals surface area contributed by atoms with Crippen LogP contribution in [0, 0.1) is 0 Å². The van der Waals surface area contributed by atoms with Crippen LogP contribution in [0.1, 0.15) is 23.9 Å². The molecule has 4 heteroatoms. The number of aromatic nitrogens is 2. The monoisotopic (exact) mass is 249 g/mol. The van der Waals surface area contributed by atoms with Gasteiger partial charge in [-0.3, -0.25) is 0 Å². The van der Waals surface area contributed by atoms with Gasteiger partial charge in [0.15, 0.2) is 0 Å². The number of rotatable bonds is 7. The first kappa shape index (κ1) is 12.3. The lowest BCUT2D eigenvalue weighted by Gasteiger charge is -2.01. The zero-order valence-electron chi connectivity index (χ0n) is 10.2. The number of nitrogens with zero attached hydrogens (tertiary/aromatic N) is 2. The second kappa shape index (κ2) is 6.57. The zero-order valence-corrected chi connectivity index (χ0v) is 11.0. The number of thiazole rings is 1. The SMILES string of the molecule is CCCn1ccc(CNCCc2nccs2)c1. The quantitative estimate of drug-likeness (QED) is 0.765. The summed E-state index contributed by atoms with van der Waals surface area (Å²) < 4.78 is 2.25. The highest BCUT2D eigenvalue weighted by Crippen LogP contribution is 2.04. The lowest BCUT2D eigenvalue weighted by atomic mass is 10.3. The molecule has 0 fully saturated rings. The largest absolute Gasteiger partial charge is 0.354 e. The van der Waals surface area contributed by atoms with Crippen LogP contribution in [0.15, 0.2) is 30.0 Å². The molecule has 0 radical (unpaired) electrons. The van der Waals surface area contributed by atoms with Crippen LogP contribution in [0.4, 0.5) is 0 Å². The molecule has 0 aliphatic rings. The van der Waals surface area contributed by atoms with Crippen LogP contribution in [0.25, 0.3) is 0 Å². The highest BCUT2D eigenvalue weighted by atomic mass is 32.1. The maximum atomic E-state index is 4.26. The van der Waals surface area contributed by atoms with E-state index in [0.717, 1.165) is 26.1 Å². The minimum absolute atomic E-state index is 0.947. The van der Waals surface area contributed by atoms with Crippen LogP contribution >= 0.6 is 11.3 Å². The Morgan fingerprint density at radius 2 is 2.41 bits per heavy atom. The van der Waals surface area contributed by atoms with Crippen molar-refractivity contribution in [3.8, 4) is 0 Å². The maximum absolute atomic E-state index is 4.26. The van der Waals surface area contributed by atoms with Crippen molar-refractivity contribution in [2.75, 3.05) is 6.54 Å². The van der Waals surface area contributed by atoms with Gasteiger partial charge in [-0.15, -0.1) is 11.3 Å². The molecule has 92 valence electrons. The van der Waals surface area contributed by atoms with Gasteiger partial charge in [-0.1, -0.05) is 6.92 Å². The predicted molar refractivity (Wildman–Crippen MR) is 72.2 cm³/mol. The fourth-order valence-electron chi connectivity index (χ4n) is 1.80. The fourth-order valence-corrected chi connectivity index (χ4v) is 2.42. The minimum Gasteiger partial charge on any atom is -0.354 e. The molecule has 0 amide bonds. The first-order chi connectivity index (χ1) is 8.38. The summed E-state index contributed by atoms with van der Waals surface area (Å²) in [6.45, 7) is 5.25. The van der Waals surface area contributed by atoms with Gasteiger partial charge in [0.1, 0.15) is 0 Å². The average molecular weight is 249 g/mol. The Morgan fingerprint density at radius 3 is 3.18 bits per heavy atom. The normalized spacial score (nSPS) is 10.9. The minimum atomic E-state index is 0.947. The lowest BCUT2D eigenvalue weighted by molar-refractivity contribution is 0.666. The van der Waals surface area contributed by atoms with Crippen molar-refractivity contribution in [1.29, 1.82) is 0 Å². The second-order valence-electron chi connectivity index (χ2n) is 4.11. The molecule has 0 bridgehead atoms. The maximum Gasteiger partial charge on any atom is 0.0937 e. The Hall–Kier alpha value is -1.13. The third-order valence-electron chi connectivity index (χ3n) is 2.62. The van der Waals surface area contributed by atoms with E-state index in [1.165, 1.54) is 17.0 Å². The van der Waals surface area contributed by atoms with Gasteiger partial charge >= 0.3 is 0 Å². The van der Waals surface area contributed by atoms with Gasteiger partial charge in [0.05, 0.1) is 5.01 Å². The topological polar surface area (TPSA) is 29.9 Å². The Kier molecular flexibility index (Phi) is 4.76. The molecule has 0 aliphatic heterocycles. The number of nitrogens with one attached hydrogen (secondary N) is 1. The van der Waals surface area contributed by atoms with Gasteiger partial charge in [0.25, 0.3) is 0 Å². The lowest BCUT2D eigenvalue weighted by Crippen LogP contribution is -2.16. The first-order valence-electron chi connectivity index (χ1n) is 6.12. The number of hydrogen-bond acceptors (Lipinski definition) is 3. The summed E-state index contributed by atoms with van der Waals surface area (Å²) >= 11 is 1.72. The van der Waals surface area contributed by atoms with Crippen molar-refractivity contribution in [2.24, 2.45) is 0 Å². The van der Waals surface area contributed by atoms with Crippen molar-refractivity contribution >= 4 is 11.3 Å². The van der Waals surface area contributed by atoms with Gasteiger partial charge in [0, 0.05) is 50.0 Å². The molecule has 0 aromatic carbocycles. The summed E-state index contributed by atoms with van der Waals surface area (Å²) in [5.41, 5.74) is 1.36. The van der Waals surface area contributed by atoms with Gasteiger partial charge in [0.2, 0.25) is 0 Å². The standard InChI is InChI=1S/C13H19N3S/c1-2-7-16-8-4-12(11-16)10-14-5-3-13-15-6-9-17-13/h4,6,8-9,11,14H,2-3,5,7,10H2,1H3. The molecule has 2 aromatic rings. The molecule has 0 atom stereocenters. The smallest absolute Gasteiger partial charge is 0.0937 e. The predicted octanol–water partition coefficient (Wildman–Crippen LogP) is 2.69. The van der Waals surface area contributed by atoms with E-state index in [1.807, 2.05) is 11.6 Å². The molecule has 0 saturated heterocycles. The molecule has 0 spiro atoms. The summed E-state index contributed by atoms with van der Waals surface area (Å²) in [6.07, 6.45) is 8.45. The van der Waals surface area contributed by atoms with Gasteiger partial charge in [-0.05, 0) is 18.1 Å². The molecule has 0 saturated carbocycles. The molecule has 3 nitrogen and oxygen atoms in total. The second-order valence-corrected chi connectivity index (χ2v) is 5.09. The fraction of sp³-hybridized carbons (Fsp3) is 0.462. The Labute approximate surface area is 107 Å². The molecular weight excluding hydrogens is 230 g/mol. The van der Waals surface area contributed by atoms with E-state index < -0.39 is 0 Å². The third kappa shape index (κ3) is 3.98. The van der Waals surface area contributed by atoms with E-state index in [0.29, 0.717) is 0 Å². The summed E-state index contributed by atoms with van der Waals surface area (Å²) in [5.74, 6) is 0. The Morgan fingerprint density at radius 1 is 1.47 bits per heavy atom. The van der Waals surface area contributed by atoms with Gasteiger partial charge in [-0.2, -0.15) is 0 Å². The van der Waals surface area contributed by atoms with E-state index in [9.17, 15) is 0 Å². The van der Waals surface area contributed by atoms with E-state index in [1.54, 1.807) is 11.3 Å². The Bertz CT molecular complexity index is 420. The van der Waals surface area contributed by atoms with Crippen LogP contribution in [0.5, 0.6) is 0 Å². The summed E-state index contributed by atoms with van der Waals surface area (Å²) in [4.78, 5) is 4.26. The molecule has 2 heterocycles. The summed E-state index contributed by atoms with van der Waals surface area (Å²) in [6, 6.07) is 2.19. The van der Waals surface area contributed by atoms with Crippen LogP contribution in [-0.2, 0) is 19.5 Å². The molecule has 0 aliphatic carbocycles. The van der Waals surface area contributed by atoms with Crippen molar-refractivity contribution < 1.29 is 0 Å². The molecule has 2 aromatic heterocycles. The zero-order chi connectivity index (χ0) is 11.9. The van der Waals surface area contributed by atoms with E-state index in [-0.39, 0.29) is 0 Å². The molecule has 17 heavy (non-hydrogen) atoms. The van der Waals surface area contributed by atoms with Gasteiger partial charge < -0.3 is 9.88 Å². The first-order valence-corrected chi connectivity index (χ1v) is 7.00. The van der Waals surface area contributed by atoms with Crippen LogP contribution in [0.2, 0.25) is 0 Å². The Balaban J connectivity index is 1.67. The highest BCUT2D eigenvalue weighted by molar-refractivity contribution is 7.09. The molecule has 1 N–H and O–H groups in total. The molecule has 0 unspecified atom stereocenters. The van der Waals surface area contributed by atoms with E-state index >= 15 is 0 Å². The molecule has 2 rings (SSSR count). The van der Waals surface area contributed by atoms with E-state index in [4.69, 9.17) is 0 Å². The van der Waals surface area contributed by atoms with Crippen LogP contribution in [-0.4, -0.2) is 16.1 Å². The van der Waals surface area contributed by atoms with Crippen LogP contribution < -0.4 is 5.32 Å². The van der Waals surface area contributed by atoms with E-state index in [2.05, 4.69) is 40.3 Å². The highest BCUT2D eigenvalue weighted by Gasteiger charge is 1.97.